The minimum absolute atomic E-state index is 0. The molecule has 0 rings (SSSR count). The molecule has 0 aliphatic carbocycles. The van der Waals surface area contributed by atoms with Crippen molar-refractivity contribution in [3.05, 3.63) is 0 Å². The summed E-state index contributed by atoms with van der Waals surface area (Å²) in [4.78, 5) is 0. The average molecular weight is 111 g/mol. The zero-order valence-electron chi connectivity index (χ0n) is 2.21. The van der Waals surface area contributed by atoms with Gasteiger partial charge in [0, 0.05) is 32.7 Å². The maximum Gasteiger partial charge on any atom is 0 e. The molecule has 0 aliphatic heterocycles. The van der Waals surface area contributed by atoms with Gasteiger partial charge in [-0.25, -0.2) is 0 Å². The second-order valence-electron chi connectivity index (χ2n) is 0. The zero-order chi connectivity index (χ0) is 0. The molecule has 0 aromatic carbocycles. The third-order valence-corrected chi connectivity index (χ3v) is 0. The Morgan fingerprint density at radius 2 is 1.00 bits per heavy atom. The first kappa shape index (κ1) is 99.3. The van der Waals surface area contributed by atoms with E-state index in [0.717, 1.165) is 0 Å². The van der Waals surface area contributed by atoms with E-state index < -0.39 is 0 Å². The summed E-state index contributed by atoms with van der Waals surface area (Å²) in [5.41, 5.74) is 0. The van der Waals surface area contributed by atoms with E-state index in [-0.39, 0.29) is 44.3 Å². The fraction of sp³-hybridized carbons (Fsp3) is 0. The SMILES string of the molecule is N.O.[Si].[Ti]. The molecule has 5 N–H and O–H groups in total. The summed E-state index contributed by atoms with van der Waals surface area (Å²) >= 11 is 0. The van der Waals surface area contributed by atoms with Gasteiger partial charge in [-0.15, -0.1) is 0 Å². The van der Waals surface area contributed by atoms with E-state index in [4.69, 9.17) is 0 Å². The van der Waals surface area contributed by atoms with Crippen LogP contribution in [0.4, 0.5) is 0 Å². The molecule has 0 saturated heterocycles. The van der Waals surface area contributed by atoms with Crippen molar-refractivity contribution in [2.45, 2.75) is 0 Å². The van der Waals surface area contributed by atoms with Gasteiger partial charge in [-0.3, -0.25) is 0 Å². The minimum Gasteiger partial charge on any atom is -0.412 e. The Labute approximate surface area is 44.8 Å². The van der Waals surface area contributed by atoms with Gasteiger partial charge in [-0.1, -0.05) is 0 Å². The smallest absolute Gasteiger partial charge is 0 e. The average Bonchev–Trinajstić information content (AvgIpc) is 0. The van der Waals surface area contributed by atoms with Crippen LogP contribution in [-0.2, 0) is 21.7 Å². The van der Waals surface area contributed by atoms with E-state index in [1.165, 1.54) is 0 Å². The molecule has 2 nitrogen and oxygen atoms in total. The molecule has 4 heteroatoms. The van der Waals surface area contributed by atoms with Crippen molar-refractivity contribution in [2.75, 3.05) is 0 Å². The van der Waals surface area contributed by atoms with E-state index in [1.54, 1.807) is 0 Å². The van der Waals surface area contributed by atoms with Crippen molar-refractivity contribution in [2.24, 2.45) is 0 Å². The van der Waals surface area contributed by atoms with Gasteiger partial charge in [-0.05, 0) is 0 Å². The van der Waals surface area contributed by atoms with E-state index in [0.29, 0.717) is 0 Å². The first-order valence-corrected chi connectivity index (χ1v) is 0. The van der Waals surface area contributed by atoms with Gasteiger partial charge >= 0.3 is 0 Å². The van der Waals surface area contributed by atoms with Crippen molar-refractivity contribution in [1.29, 1.82) is 0 Å². The quantitative estimate of drug-likeness (QED) is 0.398. The molecule has 0 aliphatic rings. The van der Waals surface area contributed by atoms with Gasteiger partial charge in [-0.2, -0.15) is 0 Å². The molecule has 0 spiro atoms. The normalized spacial score (nSPS) is 0. The largest absolute Gasteiger partial charge is 0.412 e. The molecule has 0 saturated carbocycles. The third kappa shape index (κ3) is 13.5. The summed E-state index contributed by atoms with van der Waals surface area (Å²) in [6, 6.07) is 0. The Morgan fingerprint density at radius 1 is 1.00 bits per heavy atom. The van der Waals surface area contributed by atoms with Crippen LogP contribution in [0.5, 0.6) is 0 Å². The van der Waals surface area contributed by atoms with Crippen LogP contribution >= 0.6 is 0 Å². The van der Waals surface area contributed by atoms with Crippen molar-refractivity contribution >= 4 is 11.0 Å². The van der Waals surface area contributed by atoms with E-state index in [9.17, 15) is 0 Å². The summed E-state index contributed by atoms with van der Waals surface area (Å²) in [6.07, 6.45) is 0. The van der Waals surface area contributed by atoms with Crippen LogP contribution in [0.3, 0.4) is 0 Å². The maximum atomic E-state index is 0. The van der Waals surface area contributed by atoms with Gasteiger partial charge in [0.1, 0.15) is 0 Å². The number of hydrogen-bond donors (Lipinski definition) is 1. The van der Waals surface area contributed by atoms with Gasteiger partial charge < -0.3 is 11.6 Å². The van der Waals surface area contributed by atoms with Gasteiger partial charge in [0.2, 0.25) is 0 Å². The minimum atomic E-state index is 0. The van der Waals surface area contributed by atoms with Crippen LogP contribution in [-0.4, -0.2) is 16.4 Å². The van der Waals surface area contributed by atoms with Crippen LogP contribution in [0, 0.1) is 0 Å². The molecule has 4 radical (unpaired) electrons. The Hall–Kier alpha value is 0.851. The first-order valence-electron chi connectivity index (χ1n) is 0. The third-order valence-electron chi connectivity index (χ3n) is 0. The molecule has 0 aromatic rings. The fourth-order valence-corrected chi connectivity index (χ4v) is 0. The molecular weight excluding hydrogens is 106 g/mol. The molecule has 0 unspecified atom stereocenters. The molecule has 0 bridgehead atoms. The first-order chi connectivity index (χ1) is 0. The molecule has 0 fully saturated rings. The molecule has 0 amide bonds. The van der Waals surface area contributed by atoms with Crippen molar-refractivity contribution < 1.29 is 27.2 Å². The van der Waals surface area contributed by atoms with Crippen LogP contribution in [0.25, 0.3) is 0 Å². The van der Waals surface area contributed by atoms with Crippen molar-refractivity contribution in [3.63, 3.8) is 0 Å². The Balaban J connectivity index is 0. The van der Waals surface area contributed by atoms with Crippen molar-refractivity contribution in [1.82, 2.24) is 6.15 Å². The van der Waals surface area contributed by atoms with Crippen LogP contribution < -0.4 is 6.15 Å². The molecule has 24 valence electrons. The topological polar surface area (TPSA) is 66.5 Å². The van der Waals surface area contributed by atoms with Gasteiger partial charge in [0.05, 0.1) is 0 Å². The molecular formula is H5NOSiTi. The Morgan fingerprint density at radius 3 is 1.00 bits per heavy atom. The van der Waals surface area contributed by atoms with E-state index in [1.807, 2.05) is 0 Å². The van der Waals surface area contributed by atoms with Crippen LogP contribution in [0.15, 0.2) is 0 Å². The fourth-order valence-electron chi connectivity index (χ4n) is 0. The van der Waals surface area contributed by atoms with E-state index >= 15 is 0 Å². The van der Waals surface area contributed by atoms with Gasteiger partial charge in [0.25, 0.3) is 0 Å². The number of hydrogen-bond acceptors (Lipinski definition) is 1. The van der Waals surface area contributed by atoms with Crippen molar-refractivity contribution in [3.8, 4) is 0 Å². The van der Waals surface area contributed by atoms with Crippen LogP contribution in [0.1, 0.15) is 0 Å². The summed E-state index contributed by atoms with van der Waals surface area (Å²) in [7, 11) is 0. The molecule has 0 atom stereocenters. The zero-order valence-corrected chi connectivity index (χ0v) is 4.77. The van der Waals surface area contributed by atoms with Gasteiger partial charge in [0.15, 0.2) is 0 Å². The molecule has 0 heterocycles. The standard InChI is InChI=1S/H3N.H2O.Si.Ti/h1H3;1H2;;. The second-order valence-corrected chi connectivity index (χ2v) is 0. The Bertz CT molecular complexity index is 8.00. The predicted molar refractivity (Wildman–Crippen MR) is 14.4 cm³/mol. The van der Waals surface area contributed by atoms with Crippen LogP contribution in [0.2, 0.25) is 0 Å². The Kier molecular flexibility index (Phi) is 1070. The summed E-state index contributed by atoms with van der Waals surface area (Å²) in [5, 5.41) is 0. The molecule has 0 aromatic heterocycles. The predicted octanol–water partition coefficient (Wildman–Crippen LogP) is -1.05. The summed E-state index contributed by atoms with van der Waals surface area (Å²) in [6.45, 7) is 0. The molecule has 4 heavy (non-hydrogen) atoms. The maximum absolute atomic E-state index is 0. The number of rotatable bonds is 0. The van der Waals surface area contributed by atoms with E-state index in [2.05, 4.69) is 0 Å². The summed E-state index contributed by atoms with van der Waals surface area (Å²) in [5.74, 6) is 0. The monoisotopic (exact) mass is 111 g/mol. The second kappa shape index (κ2) is 43.2. The summed E-state index contributed by atoms with van der Waals surface area (Å²) < 4.78 is 0.